The van der Waals surface area contributed by atoms with Crippen molar-refractivity contribution in [1.29, 1.82) is 0 Å². The van der Waals surface area contributed by atoms with Crippen molar-refractivity contribution in [3.8, 4) is 0 Å². The topological polar surface area (TPSA) is 123 Å². The maximum atomic E-state index is 14.4. The fourth-order valence-corrected chi connectivity index (χ4v) is 13.3. The molecular weight excluding hydrogens is 651 g/mol. The van der Waals surface area contributed by atoms with E-state index in [-0.39, 0.29) is 22.9 Å². The van der Waals surface area contributed by atoms with Gasteiger partial charge in [-0.05, 0) is 117 Å². The van der Waals surface area contributed by atoms with Gasteiger partial charge in [0.2, 0.25) is 5.95 Å². The zero-order valence-electron chi connectivity index (χ0n) is 30.7. The number of rotatable bonds is 8. The Morgan fingerprint density at radius 3 is 2.10 bits per heavy atom. The van der Waals surface area contributed by atoms with Gasteiger partial charge in [0.05, 0.1) is 12.6 Å². The molecule has 3 aliphatic heterocycles. The molecule has 4 saturated carbocycles. The molecule has 0 aromatic carbocycles. The number of fused-ring (bicyclic) bond motifs is 5. The standard InChI is InChI=1S/C38H61N6O5P/c1-26-22-31-29-9-8-27-23-28(49-50(46,47)48)10-12-37(27,2)30(29)11-13-38(31,3)35(26)32(45)25-41-18-20-43(21-19-41)34-24-33(42-14-4-5-15-42)39-36(40-34)44-16-6-7-17-44/h24,26-31,35H,4-23,25H2,1-3H3,(H2,46,47,48)/t26-,27+,28+,29-,30+,31+,35-,37+,38+/m1/s1. The second-order valence-corrected chi connectivity index (χ2v) is 19.1. The first kappa shape index (κ1) is 35.3. The van der Waals surface area contributed by atoms with Crippen LogP contribution in [0.3, 0.4) is 0 Å². The molecule has 12 heteroatoms. The van der Waals surface area contributed by atoms with Gasteiger partial charge in [-0.15, -0.1) is 0 Å². The molecule has 7 aliphatic rings. The van der Waals surface area contributed by atoms with Gasteiger partial charge in [-0.1, -0.05) is 20.8 Å². The molecule has 278 valence electrons. The van der Waals surface area contributed by atoms with Crippen LogP contribution in [0.25, 0.3) is 0 Å². The molecule has 3 saturated heterocycles. The smallest absolute Gasteiger partial charge is 0.356 e. The number of aromatic nitrogens is 2. The van der Waals surface area contributed by atoms with Gasteiger partial charge in [0.15, 0.2) is 5.78 Å². The summed E-state index contributed by atoms with van der Waals surface area (Å²) >= 11 is 0. The predicted molar refractivity (Wildman–Crippen MR) is 195 cm³/mol. The van der Waals surface area contributed by atoms with Crippen LogP contribution in [0.2, 0.25) is 0 Å². The highest BCUT2D eigenvalue weighted by molar-refractivity contribution is 7.46. The van der Waals surface area contributed by atoms with Crippen molar-refractivity contribution in [3.05, 3.63) is 6.07 Å². The average molecular weight is 713 g/mol. The van der Waals surface area contributed by atoms with Gasteiger partial charge in [-0.3, -0.25) is 14.2 Å². The van der Waals surface area contributed by atoms with Crippen molar-refractivity contribution in [1.82, 2.24) is 14.9 Å². The summed E-state index contributed by atoms with van der Waals surface area (Å²) < 4.78 is 16.8. The van der Waals surface area contributed by atoms with Crippen LogP contribution in [0.5, 0.6) is 0 Å². The minimum Gasteiger partial charge on any atom is -0.356 e. The summed E-state index contributed by atoms with van der Waals surface area (Å²) in [6.45, 7) is 15.6. The van der Waals surface area contributed by atoms with Gasteiger partial charge in [-0.2, -0.15) is 9.97 Å². The Balaban J connectivity index is 0.904. The van der Waals surface area contributed by atoms with E-state index < -0.39 is 7.82 Å². The molecule has 0 bridgehead atoms. The normalized spacial score (nSPS) is 39.4. The number of anilines is 3. The van der Waals surface area contributed by atoms with Crippen molar-refractivity contribution >= 4 is 31.2 Å². The molecule has 0 unspecified atom stereocenters. The lowest BCUT2D eigenvalue weighted by Crippen LogP contribution is -2.55. The van der Waals surface area contributed by atoms with Crippen molar-refractivity contribution < 1.29 is 23.7 Å². The zero-order valence-corrected chi connectivity index (χ0v) is 31.6. The monoisotopic (exact) mass is 712 g/mol. The Labute approximate surface area is 299 Å². The van der Waals surface area contributed by atoms with Crippen LogP contribution in [0.4, 0.5) is 17.6 Å². The number of carbonyl (C=O) groups is 1. The first-order valence-corrected chi connectivity index (χ1v) is 21.6. The van der Waals surface area contributed by atoms with E-state index in [4.69, 9.17) is 14.5 Å². The third-order valence-corrected chi connectivity index (χ3v) is 15.7. The van der Waals surface area contributed by atoms with E-state index in [0.717, 1.165) is 108 Å². The van der Waals surface area contributed by atoms with E-state index in [1.165, 1.54) is 38.5 Å². The lowest BCUT2D eigenvalue weighted by atomic mass is 9.44. The van der Waals surface area contributed by atoms with Crippen LogP contribution in [0.1, 0.15) is 97.8 Å². The summed E-state index contributed by atoms with van der Waals surface area (Å²) in [5.74, 6) is 6.29. The van der Waals surface area contributed by atoms with E-state index in [1.54, 1.807) is 0 Å². The predicted octanol–water partition coefficient (Wildman–Crippen LogP) is 5.75. The van der Waals surface area contributed by atoms with Crippen LogP contribution < -0.4 is 14.7 Å². The summed E-state index contributed by atoms with van der Waals surface area (Å²) in [7, 11) is -4.47. The molecular formula is C38H61N6O5P. The second kappa shape index (κ2) is 13.6. The number of hydrogen-bond acceptors (Lipinski definition) is 9. The Hall–Kier alpha value is -1.78. The van der Waals surface area contributed by atoms with Gasteiger partial charge in [0.25, 0.3) is 0 Å². The summed E-state index contributed by atoms with van der Waals surface area (Å²) in [4.78, 5) is 53.0. The summed E-state index contributed by atoms with van der Waals surface area (Å²) in [5, 5.41) is 0. The number of hydrogen-bond donors (Lipinski definition) is 2. The van der Waals surface area contributed by atoms with Crippen molar-refractivity contribution in [3.63, 3.8) is 0 Å². The molecule has 0 spiro atoms. The fourth-order valence-electron chi connectivity index (χ4n) is 12.8. The average Bonchev–Trinajstić information content (AvgIpc) is 3.86. The largest absolute Gasteiger partial charge is 0.469 e. The van der Waals surface area contributed by atoms with E-state index in [2.05, 4.69) is 46.4 Å². The quantitative estimate of drug-likeness (QED) is 0.321. The number of phosphoric ester groups is 1. The van der Waals surface area contributed by atoms with Crippen LogP contribution in [0.15, 0.2) is 6.07 Å². The highest BCUT2D eigenvalue weighted by atomic mass is 31.2. The molecule has 50 heavy (non-hydrogen) atoms. The zero-order chi connectivity index (χ0) is 34.8. The number of phosphoric acid groups is 1. The van der Waals surface area contributed by atoms with Crippen molar-refractivity contribution in [2.75, 3.05) is 73.6 Å². The number of Topliss-reactive ketones (excluding diaryl/α,β-unsaturated/α-hetero) is 1. The molecule has 9 atom stereocenters. The molecule has 8 rings (SSSR count). The van der Waals surface area contributed by atoms with Crippen LogP contribution in [-0.2, 0) is 13.9 Å². The molecule has 1 aromatic rings. The molecule has 11 nitrogen and oxygen atoms in total. The Morgan fingerprint density at radius 2 is 1.44 bits per heavy atom. The van der Waals surface area contributed by atoms with Gasteiger partial charge >= 0.3 is 7.82 Å². The van der Waals surface area contributed by atoms with E-state index >= 15 is 0 Å². The van der Waals surface area contributed by atoms with Gasteiger partial charge in [0.1, 0.15) is 11.6 Å². The molecule has 1 aromatic heterocycles. The fraction of sp³-hybridized carbons (Fsp3) is 0.868. The first-order chi connectivity index (χ1) is 23.9. The van der Waals surface area contributed by atoms with Crippen LogP contribution in [0, 0.1) is 46.3 Å². The van der Waals surface area contributed by atoms with Crippen molar-refractivity contribution in [2.45, 2.75) is 104 Å². The van der Waals surface area contributed by atoms with E-state index in [9.17, 15) is 19.1 Å². The Kier molecular flexibility index (Phi) is 9.57. The lowest BCUT2D eigenvalue weighted by Gasteiger charge is -2.61. The minimum atomic E-state index is -4.47. The van der Waals surface area contributed by atoms with Crippen LogP contribution >= 0.6 is 7.82 Å². The minimum absolute atomic E-state index is 0.0579. The van der Waals surface area contributed by atoms with Crippen LogP contribution in [-0.4, -0.2) is 95.4 Å². The molecule has 0 radical (unpaired) electrons. The third-order valence-electron chi connectivity index (χ3n) is 15.2. The summed E-state index contributed by atoms with van der Waals surface area (Å²) in [5.41, 5.74) is 0.250. The number of piperazine rings is 1. The summed E-state index contributed by atoms with van der Waals surface area (Å²) in [6.07, 6.45) is 12.7. The molecule has 0 amide bonds. The maximum absolute atomic E-state index is 14.4. The third kappa shape index (κ3) is 6.54. The van der Waals surface area contributed by atoms with E-state index in [1.807, 2.05) is 0 Å². The lowest BCUT2D eigenvalue weighted by molar-refractivity contribution is -0.141. The molecule has 2 N–H and O–H groups in total. The molecule has 4 aliphatic carbocycles. The Morgan fingerprint density at radius 1 is 0.820 bits per heavy atom. The molecule has 7 fully saturated rings. The van der Waals surface area contributed by atoms with Gasteiger partial charge in [-0.25, -0.2) is 4.57 Å². The SMILES string of the molecule is C[C@@H]1C[C@H]2[C@@H]3CC[C@H]4C[C@@H](OP(=O)(O)O)CC[C@]4(C)[C@H]3CC[C@]2(C)[C@H]1C(=O)CN1CCN(c2cc(N3CCCC3)nc(N3CCCC3)n2)CC1. The van der Waals surface area contributed by atoms with Gasteiger partial charge in [0, 0.05) is 64.3 Å². The maximum Gasteiger partial charge on any atom is 0.469 e. The highest BCUT2D eigenvalue weighted by Crippen LogP contribution is 2.68. The second-order valence-electron chi connectivity index (χ2n) is 17.9. The van der Waals surface area contributed by atoms with E-state index in [0.29, 0.717) is 41.9 Å². The molecule has 4 heterocycles. The number of carbonyl (C=O) groups excluding carboxylic acids is 1. The summed E-state index contributed by atoms with van der Waals surface area (Å²) in [6, 6.07) is 2.21. The highest BCUT2D eigenvalue weighted by Gasteiger charge is 2.63. The first-order valence-electron chi connectivity index (χ1n) is 20.0. The Bertz CT molecular complexity index is 1420. The van der Waals surface area contributed by atoms with Crippen molar-refractivity contribution in [2.24, 2.45) is 46.3 Å². The van der Waals surface area contributed by atoms with Gasteiger partial charge < -0.3 is 24.5 Å². The number of ketones is 1. The number of nitrogens with zero attached hydrogens (tertiary/aromatic N) is 6.